The van der Waals surface area contributed by atoms with Crippen molar-refractivity contribution in [2.45, 2.75) is 26.7 Å². The van der Waals surface area contributed by atoms with E-state index in [9.17, 15) is 9.59 Å². The molecule has 7 heteroatoms. The Bertz CT molecular complexity index is 1010. The number of hydrogen-bond acceptors (Lipinski definition) is 6. The zero-order valence-corrected chi connectivity index (χ0v) is 18.0. The summed E-state index contributed by atoms with van der Waals surface area (Å²) in [5.74, 6) is -0.248. The van der Waals surface area contributed by atoms with Gasteiger partial charge in [0.1, 0.15) is 10.8 Å². The number of thiazole rings is 1. The van der Waals surface area contributed by atoms with E-state index in [-0.39, 0.29) is 18.2 Å². The van der Waals surface area contributed by atoms with Crippen LogP contribution in [0.1, 0.15) is 35.5 Å². The molecule has 0 aliphatic carbocycles. The van der Waals surface area contributed by atoms with Gasteiger partial charge in [0.05, 0.1) is 7.11 Å². The monoisotopic (exact) mass is 424 g/mol. The third kappa shape index (κ3) is 5.04. The van der Waals surface area contributed by atoms with E-state index in [1.807, 2.05) is 56.3 Å². The van der Waals surface area contributed by atoms with Crippen LogP contribution < -0.4 is 10.1 Å². The molecule has 156 valence electrons. The fraction of sp³-hybridized carbons (Fsp3) is 0.261. The number of benzene rings is 2. The molecule has 0 radical (unpaired) electrons. The van der Waals surface area contributed by atoms with Crippen molar-refractivity contribution in [1.82, 2.24) is 4.98 Å². The molecule has 3 aromatic rings. The number of nitrogens with zero attached hydrogens (tertiary/aromatic N) is 1. The molecule has 0 fully saturated rings. The van der Waals surface area contributed by atoms with E-state index in [0.717, 1.165) is 41.0 Å². The number of ether oxygens (including phenoxy) is 2. The van der Waals surface area contributed by atoms with Crippen LogP contribution in [0.5, 0.6) is 5.75 Å². The number of aromatic nitrogens is 1. The number of methoxy groups -OCH3 is 1. The van der Waals surface area contributed by atoms with Gasteiger partial charge in [-0.05, 0) is 48.2 Å². The standard InChI is InChI=1S/C23H24N2O4S/c1-4-15-7-6-8-16(5-2)21(15)25-20(26)13-29-23(27)19-14-30-22(24-19)17-9-11-18(28-3)12-10-17/h6-12,14H,4-5,13H2,1-3H3,(H,25,26). The predicted molar refractivity (Wildman–Crippen MR) is 118 cm³/mol. The number of esters is 1. The summed E-state index contributed by atoms with van der Waals surface area (Å²) in [4.78, 5) is 29.0. The minimum atomic E-state index is -0.624. The number of rotatable bonds is 8. The number of hydrogen-bond donors (Lipinski definition) is 1. The summed E-state index contributed by atoms with van der Waals surface area (Å²) in [5.41, 5.74) is 3.97. The summed E-state index contributed by atoms with van der Waals surface area (Å²) in [7, 11) is 1.60. The van der Waals surface area contributed by atoms with Crippen molar-refractivity contribution in [2.24, 2.45) is 0 Å². The smallest absolute Gasteiger partial charge is 0.358 e. The Labute approximate surface area is 179 Å². The quantitative estimate of drug-likeness (QED) is 0.529. The van der Waals surface area contributed by atoms with E-state index in [1.165, 1.54) is 11.3 Å². The Kier molecular flexibility index (Phi) is 7.19. The van der Waals surface area contributed by atoms with Crippen molar-refractivity contribution in [3.63, 3.8) is 0 Å². The summed E-state index contributed by atoms with van der Waals surface area (Å²) >= 11 is 1.34. The number of amides is 1. The van der Waals surface area contributed by atoms with Gasteiger partial charge in [-0.25, -0.2) is 9.78 Å². The summed E-state index contributed by atoms with van der Waals surface area (Å²) in [6.45, 7) is 3.70. The van der Waals surface area contributed by atoms with Crippen LogP contribution in [0, 0.1) is 0 Å². The van der Waals surface area contributed by atoms with Gasteiger partial charge in [-0.2, -0.15) is 0 Å². The number of para-hydroxylation sites is 1. The second-order valence-electron chi connectivity index (χ2n) is 6.55. The van der Waals surface area contributed by atoms with Gasteiger partial charge in [0, 0.05) is 16.6 Å². The highest BCUT2D eigenvalue weighted by Crippen LogP contribution is 2.26. The Hall–Kier alpha value is -3.19. The molecule has 0 spiro atoms. The van der Waals surface area contributed by atoms with Crippen LogP contribution in [0.4, 0.5) is 5.69 Å². The first-order valence-electron chi connectivity index (χ1n) is 9.73. The fourth-order valence-electron chi connectivity index (χ4n) is 3.02. The maximum Gasteiger partial charge on any atom is 0.358 e. The first-order chi connectivity index (χ1) is 14.5. The van der Waals surface area contributed by atoms with Crippen LogP contribution in [0.3, 0.4) is 0 Å². The maximum atomic E-state index is 12.4. The van der Waals surface area contributed by atoms with Gasteiger partial charge in [0.15, 0.2) is 12.3 Å². The van der Waals surface area contributed by atoms with Gasteiger partial charge < -0.3 is 14.8 Å². The van der Waals surface area contributed by atoms with E-state index >= 15 is 0 Å². The highest BCUT2D eigenvalue weighted by molar-refractivity contribution is 7.13. The Balaban J connectivity index is 1.61. The van der Waals surface area contributed by atoms with Crippen LogP contribution in [-0.4, -0.2) is 30.6 Å². The molecule has 1 aromatic heterocycles. The predicted octanol–water partition coefficient (Wildman–Crippen LogP) is 4.74. The molecular weight excluding hydrogens is 400 g/mol. The molecule has 0 saturated carbocycles. The fourth-order valence-corrected chi connectivity index (χ4v) is 3.81. The SMILES string of the molecule is CCc1cccc(CC)c1NC(=O)COC(=O)c1csc(-c2ccc(OC)cc2)n1. The van der Waals surface area contributed by atoms with Crippen molar-refractivity contribution in [3.8, 4) is 16.3 Å². The van der Waals surface area contributed by atoms with Crippen molar-refractivity contribution < 1.29 is 19.1 Å². The average molecular weight is 425 g/mol. The number of aryl methyl sites for hydroxylation is 2. The van der Waals surface area contributed by atoms with E-state index in [2.05, 4.69) is 10.3 Å². The summed E-state index contributed by atoms with van der Waals surface area (Å²) < 4.78 is 10.3. The summed E-state index contributed by atoms with van der Waals surface area (Å²) in [5, 5.41) is 5.20. The number of anilines is 1. The highest BCUT2D eigenvalue weighted by atomic mass is 32.1. The van der Waals surface area contributed by atoms with Gasteiger partial charge in [0.25, 0.3) is 5.91 Å². The van der Waals surface area contributed by atoms with Crippen LogP contribution in [-0.2, 0) is 22.4 Å². The molecule has 30 heavy (non-hydrogen) atoms. The Morgan fingerprint density at radius 2 is 1.70 bits per heavy atom. The van der Waals surface area contributed by atoms with E-state index in [1.54, 1.807) is 12.5 Å². The lowest BCUT2D eigenvalue weighted by Crippen LogP contribution is -2.22. The number of carbonyl (C=O) groups is 2. The minimum absolute atomic E-state index is 0.182. The highest BCUT2D eigenvalue weighted by Gasteiger charge is 2.16. The van der Waals surface area contributed by atoms with Crippen molar-refractivity contribution in [1.29, 1.82) is 0 Å². The number of carbonyl (C=O) groups excluding carboxylic acids is 2. The van der Waals surface area contributed by atoms with Gasteiger partial charge in [-0.3, -0.25) is 4.79 Å². The molecule has 0 aliphatic heterocycles. The zero-order chi connectivity index (χ0) is 21.5. The largest absolute Gasteiger partial charge is 0.497 e. The second-order valence-corrected chi connectivity index (χ2v) is 7.41. The molecule has 1 N–H and O–H groups in total. The van der Waals surface area contributed by atoms with Gasteiger partial charge >= 0.3 is 5.97 Å². The maximum absolute atomic E-state index is 12.4. The minimum Gasteiger partial charge on any atom is -0.497 e. The van der Waals surface area contributed by atoms with E-state index in [0.29, 0.717) is 5.01 Å². The lowest BCUT2D eigenvalue weighted by Gasteiger charge is -2.14. The molecule has 0 saturated heterocycles. The molecule has 3 rings (SSSR count). The molecular formula is C23H24N2O4S. The average Bonchev–Trinajstić information content (AvgIpc) is 3.28. The zero-order valence-electron chi connectivity index (χ0n) is 17.2. The van der Waals surface area contributed by atoms with Crippen molar-refractivity contribution in [2.75, 3.05) is 19.0 Å². The van der Waals surface area contributed by atoms with Gasteiger partial charge in [-0.1, -0.05) is 32.0 Å². The molecule has 0 unspecified atom stereocenters. The van der Waals surface area contributed by atoms with Crippen molar-refractivity contribution in [3.05, 3.63) is 64.7 Å². The summed E-state index contributed by atoms with van der Waals surface area (Å²) in [6.07, 6.45) is 1.60. The van der Waals surface area contributed by atoms with Crippen LogP contribution in [0.2, 0.25) is 0 Å². The topological polar surface area (TPSA) is 77.5 Å². The lowest BCUT2D eigenvalue weighted by atomic mass is 10.0. The lowest BCUT2D eigenvalue weighted by molar-refractivity contribution is -0.119. The molecule has 6 nitrogen and oxygen atoms in total. The van der Waals surface area contributed by atoms with E-state index < -0.39 is 5.97 Å². The van der Waals surface area contributed by atoms with Crippen LogP contribution in [0.25, 0.3) is 10.6 Å². The Morgan fingerprint density at radius 3 is 2.30 bits per heavy atom. The third-order valence-corrected chi connectivity index (χ3v) is 5.54. The van der Waals surface area contributed by atoms with E-state index in [4.69, 9.17) is 9.47 Å². The van der Waals surface area contributed by atoms with Gasteiger partial charge in [0.2, 0.25) is 0 Å². The van der Waals surface area contributed by atoms with Crippen LogP contribution in [0.15, 0.2) is 47.8 Å². The molecule has 0 bridgehead atoms. The first kappa shape index (κ1) is 21.5. The molecule has 0 atom stereocenters. The Morgan fingerprint density at radius 1 is 1.03 bits per heavy atom. The third-order valence-electron chi connectivity index (χ3n) is 4.65. The van der Waals surface area contributed by atoms with Gasteiger partial charge in [-0.15, -0.1) is 11.3 Å². The number of nitrogens with one attached hydrogen (secondary N) is 1. The summed E-state index contributed by atoms with van der Waals surface area (Å²) in [6, 6.07) is 13.4. The second kappa shape index (κ2) is 10.0. The normalized spacial score (nSPS) is 10.5. The van der Waals surface area contributed by atoms with Crippen LogP contribution >= 0.6 is 11.3 Å². The molecule has 0 aliphatic rings. The molecule has 2 aromatic carbocycles. The molecule has 1 heterocycles. The molecule has 1 amide bonds. The first-order valence-corrected chi connectivity index (χ1v) is 10.6. The van der Waals surface area contributed by atoms with Crippen molar-refractivity contribution >= 4 is 28.9 Å².